The van der Waals surface area contributed by atoms with Crippen LogP contribution in [0.4, 0.5) is 0 Å². The summed E-state index contributed by atoms with van der Waals surface area (Å²) < 4.78 is 13.5. The second-order valence-corrected chi connectivity index (χ2v) is 11.1. The van der Waals surface area contributed by atoms with E-state index in [-0.39, 0.29) is 0 Å². The van der Waals surface area contributed by atoms with Crippen LogP contribution in [0.2, 0.25) is 0 Å². The Balaban J connectivity index is 1.28. The average molecular weight is 552 g/mol. The predicted molar refractivity (Wildman–Crippen MR) is 171 cm³/mol. The number of benzene rings is 6. The number of hydrogen-bond acceptors (Lipinski definition) is 3. The van der Waals surface area contributed by atoms with Gasteiger partial charge in [0.2, 0.25) is 0 Å². The SMILES string of the molecule is c1ccc(C2(c3ccccc3)c3ccccc3-c3cc4c(cc32)Oc2c(cccc2-c2cccc3cccnc23)O4)cc1. The minimum absolute atomic E-state index is 0.508. The monoisotopic (exact) mass is 551 g/mol. The highest BCUT2D eigenvalue weighted by Crippen LogP contribution is 2.60. The van der Waals surface area contributed by atoms with E-state index in [1.54, 1.807) is 0 Å². The third-order valence-corrected chi connectivity index (χ3v) is 8.86. The molecule has 1 aromatic heterocycles. The first-order valence-corrected chi connectivity index (χ1v) is 14.5. The Labute approximate surface area is 249 Å². The van der Waals surface area contributed by atoms with E-state index in [0.29, 0.717) is 23.0 Å². The van der Waals surface area contributed by atoms with Crippen molar-refractivity contribution in [3.8, 4) is 45.3 Å². The molecular weight excluding hydrogens is 526 g/mol. The van der Waals surface area contributed by atoms with Crippen molar-refractivity contribution in [2.75, 3.05) is 0 Å². The summed E-state index contributed by atoms with van der Waals surface area (Å²) in [6.07, 6.45) is 1.83. The van der Waals surface area contributed by atoms with Crippen molar-refractivity contribution in [2.45, 2.75) is 5.41 Å². The average Bonchev–Trinajstić information content (AvgIpc) is 3.36. The number of nitrogens with zero attached hydrogens (tertiary/aromatic N) is 1. The zero-order valence-corrected chi connectivity index (χ0v) is 23.2. The largest absolute Gasteiger partial charge is 0.449 e. The van der Waals surface area contributed by atoms with Gasteiger partial charge in [-0.15, -0.1) is 0 Å². The number of rotatable bonds is 3. The van der Waals surface area contributed by atoms with Gasteiger partial charge < -0.3 is 9.47 Å². The Kier molecular flexibility index (Phi) is 5.11. The Morgan fingerprint density at radius 1 is 0.442 bits per heavy atom. The molecule has 1 aliphatic heterocycles. The highest BCUT2D eigenvalue weighted by atomic mass is 16.6. The highest BCUT2D eigenvalue weighted by molar-refractivity contribution is 5.96. The van der Waals surface area contributed by atoms with Crippen LogP contribution in [0.15, 0.2) is 152 Å². The molecule has 9 rings (SSSR count). The molecule has 0 amide bonds. The molecule has 0 unspecified atom stereocenters. The van der Waals surface area contributed by atoms with Crippen molar-refractivity contribution in [2.24, 2.45) is 0 Å². The number of pyridine rings is 1. The third kappa shape index (κ3) is 3.39. The lowest BCUT2D eigenvalue weighted by Crippen LogP contribution is -2.28. The van der Waals surface area contributed by atoms with Crippen LogP contribution in [0.1, 0.15) is 22.3 Å². The summed E-state index contributed by atoms with van der Waals surface area (Å²) in [6.45, 7) is 0. The Hall–Kier alpha value is -5.67. The van der Waals surface area contributed by atoms with Crippen molar-refractivity contribution < 1.29 is 9.47 Å². The van der Waals surface area contributed by atoms with E-state index in [4.69, 9.17) is 14.5 Å². The van der Waals surface area contributed by atoms with Crippen LogP contribution in [0.25, 0.3) is 33.2 Å². The van der Waals surface area contributed by atoms with Crippen LogP contribution >= 0.6 is 0 Å². The van der Waals surface area contributed by atoms with Gasteiger partial charge in [0.25, 0.3) is 0 Å². The standard InChI is InChI=1S/C40H25NO2/c1-3-14-27(15-4-1)40(28-16-5-2-6-17-28)33-21-8-7-18-29(33)32-24-36-37(25-34(32)40)43-39-31(20-10-22-35(39)42-36)30-19-9-12-26-13-11-23-41-38(26)30/h1-25H. The zero-order chi connectivity index (χ0) is 28.4. The normalized spacial score (nSPS) is 13.7. The Morgan fingerprint density at radius 3 is 1.91 bits per heavy atom. The molecule has 0 atom stereocenters. The van der Waals surface area contributed by atoms with Gasteiger partial charge in [-0.1, -0.05) is 121 Å². The summed E-state index contributed by atoms with van der Waals surface area (Å²) in [6, 6.07) is 51.0. The van der Waals surface area contributed by atoms with Crippen LogP contribution in [-0.2, 0) is 5.41 Å². The molecule has 43 heavy (non-hydrogen) atoms. The van der Waals surface area contributed by atoms with Crippen LogP contribution in [0.3, 0.4) is 0 Å². The molecular formula is C40H25NO2. The number of aromatic nitrogens is 1. The van der Waals surface area contributed by atoms with E-state index >= 15 is 0 Å². The molecule has 6 aromatic carbocycles. The van der Waals surface area contributed by atoms with Crippen molar-refractivity contribution in [3.63, 3.8) is 0 Å². The first-order valence-electron chi connectivity index (χ1n) is 14.5. The maximum absolute atomic E-state index is 6.85. The fourth-order valence-corrected chi connectivity index (χ4v) is 7.07. The Morgan fingerprint density at radius 2 is 1.09 bits per heavy atom. The van der Waals surface area contributed by atoms with Crippen LogP contribution in [0, 0.1) is 0 Å². The summed E-state index contributed by atoms with van der Waals surface area (Å²) in [5, 5.41) is 1.08. The maximum atomic E-state index is 6.85. The second kappa shape index (κ2) is 9.17. The molecule has 7 aromatic rings. The van der Waals surface area contributed by atoms with E-state index in [1.807, 2.05) is 24.4 Å². The van der Waals surface area contributed by atoms with Crippen LogP contribution in [0.5, 0.6) is 23.0 Å². The quantitative estimate of drug-likeness (QED) is 0.219. The van der Waals surface area contributed by atoms with Crippen molar-refractivity contribution in [3.05, 3.63) is 174 Å². The van der Waals surface area contributed by atoms with Gasteiger partial charge in [0, 0.05) is 22.7 Å². The molecule has 2 aliphatic rings. The molecule has 0 N–H and O–H groups in total. The van der Waals surface area contributed by atoms with Gasteiger partial charge in [-0.2, -0.15) is 0 Å². The number of para-hydroxylation sites is 2. The molecule has 0 saturated heterocycles. The first-order chi connectivity index (χ1) is 21.3. The molecule has 3 heteroatoms. The fourth-order valence-electron chi connectivity index (χ4n) is 7.07. The van der Waals surface area contributed by atoms with Gasteiger partial charge in [0.05, 0.1) is 10.9 Å². The third-order valence-electron chi connectivity index (χ3n) is 8.86. The molecule has 1 aliphatic carbocycles. The van der Waals surface area contributed by atoms with Gasteiger partial charge in [0.15, 0.2) is 23.0 Å². The van der Waals surface area contributed by atoms with Gasteiger partial charge in [0.1, 0.15) is 0 Å². The fraction of sp³-hybridized carbons (Fsp3) is 0.0250. The lowest BCUT2D eigenvalue weighted by molar-refractivity contribution is 0.360. The molecule has 0 bridgehead atoms. The van der Waals surface area contributed by atoms with Crippen molar-refractivity contribution in [1.82, 2.24) is 4.98 Å². The van der Waals surface area contributed by atoms with E-state index in [1.165, 1.54) is 27.8 Å². The van der Waals surface area contributed by atoms with E-state index < -0.39 is 5.41 Å². The first kappa shape index (κ1) is 24.0. The smallest absolute Gasteiger partial charge is 0.178 e. The van der Waals surface area contributed by atoms with Crippen molar-refractivity contribution in [1.29, 1.82) is 0 Å². The maximum Gasteiger partial charge on any atom is 0.178 e. The molecule has 2 heterocycles. The molecule has 0 fully saturated rings. The topological polar surface area (TPSA) is 31.4 Å². The summed E-state index contributed by atoms with van der Waals surface area (Å²) in [5.74, 6) is 2.82. The molecule has 0 saturated carbocycles. The minimum atomic E-state index is -0.508. The number of ether oxygens (including phenoxy) is 2. The number of fused-ring (bicyclic) bond motifs is 6. The molecule has 0 spiro atoms. The summed E-state index contributed by atoms with van der Waals surface area (Å²) in [5.41, 5.74) is 9.62. The van der Waals surface area contributed by atoms with E-state index in [2.05, 4.69) is 127 Å². The summed E-state index contributed by atoms with van der Waals surface area (Å²) in [7, 11) is 0. The Bertz CT molecular complexity index is 2140. The van der Waals surface area contributed by atoms with E-state index in [9.17, 15) is 0 Å². The van der Waals surface area contributed by atoms with Crippen molar-refractivity contribution >= 4 is 10.9 Å². The van der Waals surface area contributed by atoms with E-state index in [0.717, 1.165) is 27.6 Å². The molecule has 0 radical (unpaired) electrons. The summed E-state index contributed by atoms with van der Waals surface area (Å²) in [4.78, 5) is 4.71. The summed E-state index contributed by atoms with van der Waals surface area (Å²) >= 11 is 0. The second-order valence-electron chi connectivity index (χ2n) is 11.1. The van der Waals surface area contributed by atoms with Gasteiger partial charge in [-0.05, 0) is 57.6 Å². The van der Waals surface area contributed by atoms with Gasteiger partial charge in [-0.25, -0.2) is 0 Å². The molecule has 202 valence electrons. The highest BCUT2D eigenvalue weighted by Gasteiger charge is 2.47. The molecule has 3 nitrogen and oxygen atoms in total. The van der Waals surface area contributed by atoms with Crippen LogP contribution < -0.4 is 9.47 Å². The number of hydrogen-bond donors (Lipinski definition) is 0. The predicted octanol–water partition coefficient (Wildman–Crippen LogP) is 10.2. The minimum Gasteiger partial charge on any atom is -0.449 e. The lowest BCUT2D eigenvalue weighted by Gasteiger charge is -2.34. The van der Waals surface area contributed by atoms with Crippen LogP contribution in [-0.4, -0.2) is 4.98 Å². The zero-order valence-electron chi connectivity index (χ0n) is 23.2. The lowest BCUT2D eigenvalue weighted by atomic mass is 9.67. The van der Waals surface area contributed by atoms with Gasteiger partial charge >= 0.3 is 0 Å². The van der Waals surface area contributed by atoms with Gasteiger partial charge in [-0.3, -0.25) is 4.98 Å².